The van der Waals surface area contributed by atoms with Crippen LogP contribution in [-0.4, -0.2) is 34.7 Å². The Kier molecular flexibility index (Phi) is 5.67. The molecule has 33 heavy (non-hydrogen) atoms. The van der Waals surface area contributed by atoms with Gasteiger partial charge in [-0.05, 0) is 43.3 Å². The van der Waals surface area contributed by atoms with E-state index in [0.717, 1.165) is 17.8 Å². The van der Waals surface area contributed by atoms with Crippen molar-refractivity contribution in [2.45, 2.75) is 13.1 Å². The van der Waals surface area contributed by atoms with E-state index in [4.69, 9.17) is 9.47 Å². The average molecular weight is 456 g/mol. The highest BCUT2D eigenvalue weighted by Crippen LogP contribution is 2.35. The van der Waals surface area contributed by atoms with Gasteiger partial charge in [0.1, 0.15) is 5.56 Å². The fraction of sp³-hybridized carbons (Fsp3) is 0.174. The van der Waals surface area contributed by atoms with Gasteiger partial charge >= 0.3 is 6.18 Å². The van der Waals surface area contributed by atoms with Crippen molar-refractivity contribution in [3.63, 3.8) is 0 Å². The third kappa shape index (κ3) is 4.32. The van der Waals surface area contributed by atoms with Gasteiger partial charge in [0.2, 0.25) is 0 Å². The molecule has 0 aliphatic rings. The van der Waals surface area contributed by atoms with E-state index in [2.05, 4.69) is 15.4 Å². The number of nitrogens with zero attached hydrogens (tertiary/aromatic N) is 3. The van der Waals surface area contributed by atoms with E-state index in [1.807, 2.05) is 6.92 Å². The second-order valence-corrected chi connectivity index (χ2v) is 7.21. The van der Waals surface area contributed by atoms with E-state index in [9.17, 15) is 18.0 Å². The maximum absolute atomic E-state index is 13.8. The van der Waals surface area contributed by atoms with Crippen LogP contribution in [0.2, 0.25) is 0 Å². The summed E-state index contributed by atoms with van der Waals surface area (Å²) in [7, 11) is 2.87. The standard InChI is InChI=1S/C23H19F3N4O3/c1-13-4-7-15(8-5-13)28-22(31)16-12-27-30-20(23(24,25)26)11-17(29-21(16)30)14-6-9-18(32-2)19(10-14)33-3/h4-12H,1-3H3,(H,28,31). The third-order valence-electron chi connectivity index (χ3n) is 5.00. The van der Waals surface area contributed by atoms with Crippen LogP contribution < -0.4 is 14.8 Å². The number of fused-ring (bicyclic) bond motifs is 1. The van der Waals surface area contributed by atoms with E-state index >= 15 is 0 Å². The second-order valence-electron chi connectivity index (χ2n) is 7.21. The van der Waals surface area contributed by atoms with Crippen LogP contribution in [0.15, 0.2) is 54.7 Å². The first-order chi connectivity index (χ1) is 15.7. The number of anilines is 1. The molecule has 2 aromatic carbocycles. The third-order valence-corrected chi connectivity index (χ3v) is 5.00. The summed E-state index contributed by atoms with van der Waals surface area (Å²) in [5.41, 5.74) is 0.471. The number of rotatable bonds is 5. The topological polar surface area (TPSA) is 77.8 Å². The van der Waals surface area contributed by atoms with Gasteiger partial charge in [-0.15, -0.1) is 0 Å². The molecule has 0 aliphatic carbocycles. The molecule has 0 saturated heterocycles. The SMILES string of the molecule is COc1ccc(-c2cc(C(F)(F)F)n3ncc(C(=O)Nc4ccc(C)cc4)c3n2)cc1OC. The van der Waals surface area contributed by atoms with Crippen LogP contribution >= 0.6 is 0 Å². The Bertz CT molecular complexity index is 1330. The number of methoxy groups -OCH3 is 2. The minimum absolute atomic E-state index is 0.000615. The lowest BCUT2D eigenvalue weighted by Crippen LogP contribution is -2.15. The van der Waals surface area contributed by atoms with Crippen molar-refractivity contribution >= 4 is 17.2 Å². The van der Waals surface area contributed by atoms with Crippen molar-refractivity contribution in [3.8, 4) is 22.8 Å². The summed E-state index contributed by atoms with van der Waals surface area (Å²) < 4.78 is 52.6. The number of nitrogens with one attached hydrogen (secondary N) is 1. The molecule has 0 fully saturated rings. The largest absolute Gasteiger partial charge is 0.493 e. The van der Waals surface area contributed by atoms with Gasteiger partial charge in [0.25, 0.3) is 5.91 Å². The van der Waals surface area contributed by atoms with Crippen molar-refractivity contribution in [1.29, 1.82) is 0 Å². The van der Waals surface area contributed by atoms with Crippen LogP contribution in [0.25, 0.3) is 16.9 Å². The zero-order valence-corrected chi connectivity index (χ0v) is 17.9. The number of benzene rings is 2. The van der Waals surface area contributed by atoms with E-state index in [0.29, 0.717) is 27.3 Å². The molecule has 0 spiro atoms. The number of carbonyl (C=O) groups excluding carboxylic acids is 1. The molecule has 0 atom stereocenters. The Balaban J connectivity index is 1.84. The number of aryl methyl sites for hydroxylation is 1. The molecule has 10 heteroatoms. The summed E-state index contributed by atoms with van der Waals surface area (Å²) in [6, 6.07) is 12.5. The molecule has 2 heterocycles. The smallest absolute Gasteiger partial charge is 0.433 e. The summed E-state index contributed by atoms with van der Waals surface area (Å²) in [5, 5.41) is 6.45. The molecule has 4 aromatic rings. The highest BCUT2D eigenvalue weighted by Gasteiger charge is 2.36. The molecule has 1 amide bonds. The second kappa shape index (κ2) is 8.45. The lowest BCUT2D eigenvalue weighted by molar-refractivity contribution is -0.142. The molecule has 0 radical (unpaired) electrons. The lowest BCUT2D eigenvalue weighted by atomic mass is 10.1. The maximum Gasteiger partial charge on any atom is 0.433 e. The van der Waals surface area contributed by atoms with Gasteiger partial charge in [-0.2, -0.15) is 18.3 Å². The molecule has 2 aromatic heterocycles. The molecule has 7 nitrogen and oxygen atoms in total. The summed E-state index contributed by atoms with van der Waals surface area (Å²) in [4.78, 5) is 17.2. The Morgan fingerprint density at radius 3 is 2.33 bits per heavy atom. The van der Waals surface area contributed by atoms with E-state index in [-0.39, 0.29) is 16.9 Å². The van der Waals surface area contributed by atoms with Crippen LogP contribution in [0.1, 0.15) is 21.6 Å². The number of amides is 1. The summed E-state index contributed by atoms with van der Waals surface area (Å²) >= 11 is 0. The van der Waals surface area contributed by atoms with Crippen LogP contribution in [0.4, 0.5) is 18.9 Å². The first-order valence-electron chi connectivity index (χ1n) is 9.77. The maximum atomic E-state index is 13.8. The molecular formula is C23H19F3N4O3. The first kappa shape index (κ1) is 22.1. The van der Waals surface area contributed by atoms with Crippen molar-refractivity contribution in [2.24, 2.45) is 0 Å². The van der Waals surface area contributed by atoms with E-state index in [1.165, 1.54) is 20.3 Å². The van der Waals surface area contributed by atoms with Crippen molar-refractivity contribution in [3.05, 3.63) is 71.5 Å². The number of hydrogen-bond donors (Lipinski definition) is 1. The van der Waals surface area contributed by atoms with Gasteiger partial charge < -0.3 is 14.8 Å². The molecule has 0 saturated carbocycles. The summed E-state index contributed by atoms with van der Waals surface area (Å²) in [6.45, 7) is 1.90. The molecule has 1 N–H and O–H groups in total. The number of ether oxygens (including phenoxy) is 2. The van der Waals surface area contributed by atoms with Gasteiger partial charge in [0, 0.05) is 11.3 Å². The van der Waals surface area contributed by atoms with Crippen LogP contribution in [0.5, 0.6) is 11.5 Å². The fourth-order valence-electron chi connectivity index (χ4n) is 3.30. The van der Waals surface area contributed by atoms with Crippen LogP contribution in [0.3, 0.4) is 0 Å². The number of aromatic nitrogens is 3. The minimum atomic E-state index is -4.73. The van der Waals surface area contributed by atoms with Crippen molar-refractivity contribution in [2.75, 3.05) is 19.5 Å². The first-order valence-corrected chi connectivity index (χ1v) is 9.77. The molecule has 0 aliphatic heterocycles. The minimum Gasteiger partial charge on any atom is -0.493 e. The van der Waals surface area contributed by atoms with Crippen LogP contribution in [-0.2, 0) is 6.18 Å². The zero-order chi connectivity index (χ0) is 23.8. The van der Waals surface area contributed by atoms with Gasteiger partial charge in [-0.1, -0.05) is 17.7 Å². The monoisotopic (exact) mass is 456 g/mol. The lowest BCUT2D eigenvalue weighted by Gasteiger charge is -2.13. The number of carbonyl (C=O) groups is 1. The number of hydrogen-bond acceptors (Lipinski definition) is 5. The number of alkyl halides is 3. The Morgan fingerprint density at radius 2 is 1.70 bits per heavy atom. The average Bonchev–Trinajstić information content (AvgIpc) is 3.22. The van der Waals surface area contributed by atoms with Gasteiger partial charge in [0.15, 0.2) is 22.8 Å². The molecule has 0 bridgehead atoms. The van der Waals surface area contributed by atoms with E-state index in [1.54, 1.807) is 36.4 Å². The van der Waals surface area contributed by atoms with Crippen molar-refractivity contribution in [1.82, 2.24) is 14.6 Å². The molecular weight excluding hydrogens is 437 g/mol. The predicted molar refractivity (Wildman–Crippen MR) is 116 cm³/mol. The summed E-state index contributed by atoms with van der Waals surface area (Å²) in [6.07, 6.45) is -3.66. The zero-order valence-electron chi connectivity index (χ0n) is 17.9. The van der Waals surface area contributed by atoms with Gasteiger partial charge in [-0.25, -0.2) is 9.50 Å². The quantitative estimate of drug-likeness (QED) is 0.458. The highest BCUT2D eigenvalue weighted by atomic mass is 19.4. The normalized spacial score (nSPS) is 11.5. The molecule has 170 valence electrons. The van der Waals surface area contributed by atoms with Gasteiger partial charge in [-0.3, -0.25) is 4.79 Å². The van der Waals surface area contributed by atoms with Crippen molar-refractivity contribution < 1.29 is 27.4 Å². The Labute approximate surface area is 186 Å². The fourth-order valence-corrected chi connectivity index (χ4v) is 3.30. The van der Waals surface area contributed by atoms with E-state index < -0.39 is 17.8 Å². The molecule has 4 rings (SSSR count). The van der Waals surface area contributed by atoms with Gasteiger partial charge in [0.05, 0.1) is 26.1 Å². The Morgan fingerprint density at radius 1 is 1.00 bits per heavy atom. The Hall–Kier alpha value is -4.08. The highest BCUT2D eigenvalue weighted by molar-refractivity contribution is 6.08. The predicted octanol–water partition coefficient (Wildman–Crippen LogP) is 4.99. The molecule has 0 unspecified atom stereocenters. The van der Waals surface area contributed by atoms with Crippen LogP contribution in [0, 0.1) is 6.92 Å². The summed E-state index contributed by atoms with van der Waals surface area (Å²) in [5.74, 6) is 0.121. The number of halogens is 3.